The van der Waals surface area contributed by atoms with Gasteiger partial charge in [-0.05, 0) is 54.5 Å². The van der Waals surface area contributed by atoms with E-state index in [1.165, 1.54) is 19.3 Å². The zero-order chi connectivity index (χ0) is 34.4. The van der Waals surface area contributed by atoms with Crippen LogP contribution >= 0.6 is 11.8 Å². The molecule has 0 spiro atoms. The van der Waals surface area contributed by atoms with E-state index in [0.29, 0.717) is 18.4 Å². The highest BCUT2D eigenvalue weighted by atomic mass is 32.2. The molecule has 2 aromatic carbocycles. The van der Waals surface area contributed by atoms with Gasteiger partial charge in [0.25, 0.3) is 0 Å². The van der Waals surface area contributed by atoms with Gasteiger partial charge in [0.05, 0.1) is 11.3 Å². The summed E-state index contributed by atoms with van der Waals surface area (Å²) >= 11 is 1.55. The van der Waals surface area contributed by atoms with Crippen molar-refractivity contribution in [3.63, 3.8) is 0 Å². The first-order valence-corrected chi connectivity index (χ1v) is 18.4. The summed E-state index contributed by atoms with van der Waals surface area (Å²) in [5.41, 5.74) is 4.78. The Balaban J connectivity index is 0.000000518. The molecule has 1 atom stereocenters. The molecule has 1 fully saturated rings. The molecule has 47 heavy (non-hydrogen) atoms. The molecule has 8 heteroatoms. The molecule has 1 aromatic heterocycles. The molecule has 256 valence electrons. The Bertz CT molecular complexity index is 1400. The first-order chi connectivity index (χ1) is 22.7. The molecule has 1 saturated carbocycles. The number of para-hydroxylation sites is 2. The van der Waals surface area contributed by atoms with Crippen LogP contribution < -0.4 is 14.5 Å². The maximum Gasteiger partial charge on any atom is 0.209 e. The Hall–Kier alpha value is -3.52. The lowest BCUT2D eigenvalue weighted by atomic mass is 9.69. The topological polar surface area (TPSA) is 61.8 Å². The monoisotopic (exact) mass is 659 g/mol. The van der Waals surface area contributed by atoms with E-state index < -0.39 is 0 Å². The molecule has 0 N–H and O–H groups in total. The molecule has 5 rings (SSSR count). The summed E-state index contributed by atoms with van der Waals surface area (Å²) < 4.78 is 6.74. The Morgan fingerprint density at radius 3 is 2.32 bits per heavy atom. The van der Waals surface area contributed by atoms with E-state index in [1.807, 2.05) is 62.7 Å². The molecule has 0 saturated heterocycles. The van der Waals surface area contributed by atoms with E-state index in [0.717, 1.165) is 71.1 Å². The quantitative estimate of drug-likeness (QED) is 0.122. The number of carbonyl (C=O) groups excluding carboxylic acids is 1. The smallest absolute Gasteiger partial charge is 0.209 e. The lowest BCUT2D eigenvalue weighted by Gasteiger charge is -2.37. The molecule has 1 aliphatic heterocycles. The summed E-state index contributed by atoms with van der Waals surface area (Å²) in [6.45, 7) is 15.4. The van der Waals surface area contributed by atoms with E-state index >= 15 is 0 Å². The molecule has 0 radical (unpaired) electrons. The fraction of sp³-hybridized carbons (Fsp3) is 0.513. The minimum atomic E-state index is -0.197. The lowest BCUT2D eigenvalue weighted by molar-refractivity contribution is -0.117. The van der Waals surface area contributed by atoms with Crippen molar-refractivity contribution in [3.05, 3.63) is 78.0 Å². The standard InChI is InChI=1S/C29H35N5O2S.C8H16.C2H6/c1-5-11-24-23-20-30-29(37-4)31-28(23)33(3)18-19-34(24)25-14-9-10-15-27(25)36-26(16-17-32(2)21-35)22-12-7-6-8-13-22;1-8(2,3)7-5-4-6-7;1-2/h6-15,20-21,26H,5,16-19H2,1-4H3;7H,4-6H2,1-3H3;1-2H3/b24-11-;;. The number of likely N-dealkylation sites (N-methyl/N-ethyl adjacent to an activating group) is 1. The van der Waals surface area contributed by atoms with Crippen LogP contribution in [-0.2, 0) is 4.79 Å². The highest BCUT2D eigenvalue weighted by Gasteiger charge is 2.29. The van der Waals surface area contributed by atoms with Crippen molar-refractivity contribution in [2.24, 2.45) is 11.3 Å². The number of carbonyl (C=O) groups is 1. The fourth-order valence-electron chi connectivity index (χ4n) is 5.75. The third-order valence-corrected chi connectivity index (χ3v) is 9.33. The Labute approximate surface area is 288 Å². The number of amides is 1. The summed E-state index contributed by atoms with van der Waals surface area (Å²) in [4.78, 5) is 26.8. The molecule has 1 unspecified atom stereocenters. The van der Waals surface area contributed by atoms with Gasteiger partial charge in [0.15, 0.2) is 5.16 Å². The van der Waals surface area contributed by atoms with Crippen LogP contribution in [0.2, 0.25) is 0 Å². The van der Waals surface area contributed by atoms with E-state index in [-0.39, 0.29) is 6.10 Å². The molecule has 2 heterocycles. The van der Waals surface area contributed by atoms with E-state index in [4.69, 9.17) is 9.72 Å². The van der Waals surface area contributed by atoms with Crippen LogP contribution in [0.5, 0.6) is 5.75 Å². The number of aromatic nitrogens is 2. The van der Waals surface area contributed by atoms with Gasteiger partial charge in [0, 0.05) is 52.0 Å². The van der Waals surface area contributed by atoms with Gasteiger partial charge in [-0.3, -0.25) is 4.79 Å². The minimum absolute atomic E-state index is 0.197. The average Bonchev–Trinajstić information content (AvgIpc) is 3.19. The molecule has 3 aromatic rings. The molecular weight excluding hydrogens is 603 g/mol. The maximum absolute atomic E-state index is 11.2. The van der Waals surface area contributed by atoms with Crippen LogP contribution in [0, 0.1) is 11.3 Å². The number of hydrogen-bond acceptors (Lipinski definition) is 7. The van der Waals surface area contributed by atoms with Crippen LogP contribution in [0.15, 0.2) is 72.0 Å². The molecule has 7 nitrogen and oxygen atoms in total. The Kier molecular flexibility index (Phi) is 15.1. The largest absolute Gasteiger partial charge is 0.483 e. The molecule has 1 aliphatic carbocycles. The summed E-state index contributed by atoms with van der Waals surface area (Å²) in [7, 11) is 3.88. The Morgan fingerprint density at radius 2 is 1.74 bits per heavy atom. The zero-order valence-electron chi connectivity index (χ0n) is 30.2. The van der Waals surface area contributed by atoms with Crippen molar-refractivity contribution in [2.75, 3.05) is 49.8 Å². The van der Waals surface area contributed by atoms with Gasteiger partial charge in [-0.1, -0.05) is 108 Å². The number of hydrogen-bond donors (Lipinski definition) is 0. The van der Waals surface area contributed by atoms with Crippen LogP contribution in [-0.4, -0.2) is 61.3 Å². The summed E-state index contributed by atoms with van der Waals surface area (Å²) in [6, 6.07) is 18.4. The Morgan fingerprint density at radius 1 is 1.06 bits per heavy atom. The van der Waals surface area contributed by atoms with Crippen LogP contribution in [0.1, 0.15) is 90.9 Å². The lowest BCUT2D eigenvalue weighted by Crippen LogP contribution is -2.29. The number of fused-ring (bicyclic) bond motifs is 1. The van der Waals surface area contributed by atoms with E-state index in [9.17, 15) is 4.79 Å². The normalized spacial score (nSPS) is 16.0. The number of nitrogens with zero attached hydrogens (tertiary/aromatic N) is 5. The number of allylic oxidation sites excluding steroid dienone is 1. The zero-order valence-corrected chi connectivity index (χ0v) is 31.0. The van der Waals surface area contributed by atoms with Gasteiger partial charge < -0.3 is 19.4 Å². The van der Waals surface area contributed by atoms with Crippen molar-refractivity contribution < 1.29 is 9.53 Å². The van der Waals surface area contributed by atoms with Crippen molar-refractivity contribution in [3.8, 4) is 5.75 Å². The number of benzene rings is 2. The minimum Gasteiger partial charge on any atom is -0.483 e. The second-order valence-electron chi connectivity index (χ2n) is 13.0. The van der Waals surface area contributed by atoms with Gasteiger partial charge in [-0.2, -0.15) is 0 Å². The first-order valence-electron chi connectivity index (χ1n) is 17.2. The predicted molar refractivity (Wildman–Crippen MR) is 200 cm³/mol. The number of thioether (sulfide) groups is 1. The number of rotatable bonds is 10. The third kappa shape index (κ3) is 10.5. The van der Waals surface area contributed by atoms with Crippen molar-refractivity contribution in [2.45, 2.75) is 84.9 Å². The number of ether oxygens (including phenoxy) is 1. The molecular formula is C39H57N5O2S. The first kappa shape index (κ1) is 37.9. The summed E-state index contributed by atoms with van der Waals surface area (Å²) in [5, 5.41) is 0.768. The van der Waals surface area contributed by atoms with Crippen LogP contribution in [0.4, 0.5) is 11.5 Å². The maximum atomic E-state index is 11.2. The van der Waals surface area contributed by atoms with Crippen molar-refractivity contribution in [1.29, 1.82) is 0 Å². The van der Waals surface area contributed by atoms with E-state index in [1.54, 1.807) is 23.7 Å². The summed E-state index contributed by atoms with van der Waals surface area (Å²) in [5.74, 6) is 2.78. The second-order valence-corrected chi connectivity index (χ2v) is 13.8. The fourth-order valence-corrected chi connectivity index (χ4v) is 6.09. The highest BCUT2D eigenvalue weighted by molar-refractivity contribution is 7.98. The van der Waals surface area contributed by atoms with Gasteiger partial charge in [-0.25, -0.2) is 9.97 Å². The predicted octanol–water partition coefficient (Wildman–Crippen LogP) is 9.36. The SMILES string of the molecule is CC.CC(C)(C)C1CCC1.CC/C=C1/c2cnc(SC)nc2N(C)CCN1c1ccccc1OC(CCN(C)C=O)c1ccccc1. The van der Waals surface area contributed by atoms with Gasteiger partial charge in [0.2, 0.25) is 6.41 Å². The molecule has 1 amide bonds. The molecule has 0 bridgehead atoms. The highest BCUT2D eigenvalue weighted by Crippen LogP contribution is 2.41. The summed E-state index contributed by atoms with van der Waals surface area (Å²) in [6.07, 6.45) is 12.8. The van der Waals surface area contributed by atoms with Crippen LogP contribution in [0.3, 0.4) is 0 Å². The van der Waals surface area contributed by atoms with Gasteiger partial charge in [-0.15, -0.1) is 0 Å². The van der Waals surface area contributed by atoms with Crippen molar-refractivity contribution in [1.82, 2.24) is 14.9 Å². The van der Waals surface area contributed by atoms with Crippen molar-refractivity contribution >= 4 is 35.4 Å². The van der Waals surface area contributed by atoms with E-state index in [2.05, 4.69) is 73.8 Å². The van der Waals surface area contributed by atoms with Gasteiger partial charge in [0.1, 0.15) is 17.7 Å². The third-order valence-electron chi connectivity index (χ3n) is 8.76. The number of anilines is 2. The van der Waals surface area contributed by atoms with Crippen LogP contribution in [0.25, 0.3) is 5.70 Å². The average molecular weight is 660 g/mol. The van der Waals surface area contributed by atoms with Gasteiger partial charge >= 0.3 is 0 Å². The molecule has 2 aliphatic rings. The second kappa shape index (κ2) is 18.7.